The van der Waals surface area contributed by atoms with E-state index >= 15 is 0 Å². The molecule has 1 rings (SSSR count). The molecule has 0 aromatic heterocycles. The first-order valence-corrected chi connectivity index (χ1v) is 5.91. The van der Waals surface area contributed by atoms with Gasteiger partial charge in [0.25, 0.3) is 0 Å². The van der Waals surface area contributed by atoms with Gasteiger partial charge in [0.05, 0.1) is 0 Å². The molecule has 1 heteroatoms. The van der Waals surface area contributed by atoms with Crippen LogP contribution in [0.5, 0.6) is 0 Å². The summed E-state index contributed by atoms with van der Waals surface area (Å²) in [5.74, 6) is 0.601. The summed E-state index contributed by atoms with van der Waals surface area (Å²) in [7, 11) is 0. The van der Waals surface area contributed by atoms with Crippen LogP contribution in [0.15, 0.2) is 22.7 Å². The number of hydrogen-bond acceptors (Lipinski definition) is 0. The highest BCUT2D eigenvalue weighted by Gasteiger charge is 2.17. The molecule has 0 aliphatic carbocycles. The van der Waals surface area contributed by atoms with Crippen molar-refractivity contribution in [2.75, 3.05) is 0 Å². The molecule has 0 fully saturated rings. The van der Waals surface area contributed by atoms with Gasteiger partial charge < -0.3 is 0 Å². The molecular weight excluding hydrogens is 236 g/mol. The fourth-order valence-corrected chi connectivity index (χ4v) is 2.32. The first-order chi connectivity index (χ1) is 6.32. The van der Waals surface area contributed by atoms with Gasteiger partial charge in [-0.05, 0) is 28.5 Å². The van der Waals surface area contributed by atoms with Gasteiger partial charge in [-0.2, -0.15) is 0 Å². The number of hydrogen-bond donors (Lipinski definition) is 0. The van der Waals surface area contributed by atoms with Crippen LogP contribution < -0.4 is 0 Å². The molecule has 78 valence electrons. The Bertz CT molecular complexity index is 318. The van der Waals surface area contributed by atoms with Crippen molar-refractivity contribution in [1.82, 2.24) is 0 Å². The molecule has 0 amide bonds. The maximum Gasteiger partial charge on any atom is 0.0212 e. The van der Waals surface area contributed by atoms with Crippen LogP contribution in [0.4, 0.5) is 0 Å². The summed E-state index contributed by atoms with van der Waals surface area (Å²) in [5.41, 5.74) is 3.02. The largest absolute Gasteiger partial charge is 0.0587 e. The van der Waals surface area contributed by atoms with E-state index in [-0.39, 0.29) is 5.41 Å². The first kappa shape index (κ1) is 11.8. The third-order valence-corrected chi connectivity index (χ3v) is 3.16. The zero-order valence-corrected chi connectivity index (χ0v) is 11.3. The minimum absolute atomic E-state index is 0.212. The van der Waals surface area contributed by atoms with E-state index < -0.39 is 0 Å². The zero-order chi connectivity index (χ0) is 10.9. The van der Waals surface area contributed by atoms with Crippen LogP contribution in [-0.2, 0) is 5.41 Å². The van der Waals surface area contributed by atoms with Gasteiger partial charge in [-0.25, -0.2) is 0 Å². The summed E-state index contributed by atoms with van der Waals surface area (Å²) in [6.45, 7) is 11.2. The van der Waals surface area contributed by atoms with Crippen LogP contribution in [0.1, 0.15) is 51.7 Å². The molecule has 0 saturated heterocycles. The third-order valence-electron chi connectivity index (χ3n) is 2.47. The van der Waals surface area contributed by atoms with E-state index in [2.05, 4.69) is 68.7 Å². The molecule has 1 aromatic carbocycles. The first-order valence-electron chi connectivity index (χ1n) is 5.12. The standard InChI is InChI=1S/C13H19Br/c1-9(2)10-6-7-12(14)11(8-10)13(3,4)5/h6-9H,1-5H3. The Hall–Kier alpha value is -0.300. The number of benzene rings is 1. The van der Waals surface area contributed by atoms with Gasteiger partial charge >= 0.3 is 0 Å². The van der Waals surface area contributed by atoms with Crippen molar-refractivity contribution >= 4 is 15.9 Å². The molecule has 0 N–H and O–H groups in total. The van der Waals surface area contributed by atoms with E-state index in [1.54, 1.807) is 0 Å². The lowest BCUT2D eigenvalue weighted by atomic mass is 9.85. The highest BCUT2D eigenvalue weighted by atomic mass is 79.9. The zero-order valence-electron chi connectivity index (χ0n) is 9.69. The summed E-state index contributed by atoms with van der Waals surface area (Å²) < 4.78 is 1.22. The Labute approximate surface area is 95.9 Å². The number of halogens is 1. The monoisotopic (exact) mass is 254 g/mol. The van der Waals surface area contributed by atoms with Gasteiger partial charge in [0.1, 0.15) is 0 Å². The lowest BCUT2D eigenvalue weighted by molar-refractivity contribution is 0.585. The Morgan fingerprint density at radius 3 is 2.14 bits per heavy atom. The minimum atomic E-state index is 0.212. The van der Waals surface area contributed by atoms with Gasteiger partial charge in [0.2, 0.25) is 0 Å². The summed E-state index contributed by atoms with van der Waals surface area (Å²) in [6, 6.07) is 6.68. The molecule has 0 heterocycles. The molecule has 0 unspecified atom stereocenters. The van der Waals surface area contributed by atoms with E-state index in [0.717, 1.165) is 0 Å². The van der Waals surface area contributed by atoms with E-state index in [1.807, 2.05) is 0 Å². The smallest absolute Gasteiger partial charge is 0.0212 e. The van der Waals surface area contributed by atoms with Crippen molar-refractivity contribution < 1.29 is 0 Å². The Morgan fingerprint density at radius 1 is 1.14 bits per heavy atom. The van der Waals surface area contributed by atoms with Crippen molar-refractivity contribution in [3.8, 4) is 0 Å². The van der Waals surface area contributed by atoms with E-state index in [0.29, 0.717) is 5.92 Å². The van der Waals surface area contributed by atoms with Crippen LogP contribution in [0.25, 0.3) is 0 Å². The molecule has 1 aromatic rings. The van der Waals surface area contributed by atoms with E-state index in [4.69, 9.17) is 0 Å². The summed E-state index contributed by atoms with van der Waals surface area (Å²) in [6.07, 6.45) is 0. The molecular formula is C13H19Br. The van der Waals surface area contributed by atoms with Crippen molar-refractivity contribution in [3.05, 3.63) is 33.8 Å². The molecule has 0 atom stereocenters. The highest BCUT2D eigenvalue weighted by molar-refractivity contribution is 9.10. The SMILES string of the molecule is CC(C)c1ccc(Br)c(C(C)(C)C)c1. The average molecular weight is 255 g/mol. The lowest BCUT2D eigenvalue weighted by Crippen LogP contribution is -2.12. The van der Waals surface area contributed by atoms with Crippen LogP contribution in [0.2, 0.25) is 0 Å². The van der Waals surface area contributed by atoms with Crippen LogP contribution in [0.3, 0.4) is 0 Å². The molecule has 0 saturated carbocycles. The Morgan fingerprint density at radius 2 is 1.71 bits per heavy atom. The van der Waals surface area contributed by atoms with Crippen molar-refractivity contribution in [2.45, 2.75) is 46.0 Å². The maximum absolute atomic E-state index is 3.62. The normalized spacial score (nSPS) is 12.2. The van der Waals surface area contributed by atoms with Crippen LogP contribution >= 0.6 is 15.9 Å². The predicted octanol–water partition coefficient (Wildman–Crippen LogP) is 4.87. The van der Waals surface area contributed by atoms with Gasteiger partial charge in [-0.15, -0.1) is 0 Å². The van der Waals surface area contributed by atoms with Gasteiger partial charge in [0.15, 0.2) is 0 Å². The topological polar surface area (TPSA) is 0 Å². The van der Waals surface area contributed by atoms with E-state index in [1.165, 1.54) is 15.6 Å². The molecule has 0 radical (unpaired) electrons. The van der Waals surface area contributed by atoms with E-state index in [9.17, 15) is 0 Å². The second kappa shape index (κ2) is 4.06. The molecule has 0 spiro atoms. The molecule has 0 nitrogen and oxygen atoms in total. The highest BCUT2D eigenvalue weighted by Crippen LogP contribution is 2.32. The average Bonchev–Trinajstić information content (AvgIpc) is 2.02. The van der Waals surface area contributed by atoms with Crippen molar-refractivity contribution in [1.29, 1.82) is 0 Å². The fourth-order valence-electron chi connectivity index (χ4n) is 1.48. The predicted molar refractivity (Wildman–Crippen MR) is 66.9 cm³/mol. The molecule has 0 aliphatic heterocycles. The minimum Gasteiger partial charge on any atom is -0.0587 e. The summed E-state index contributed by atoms with van der Waals surface area (Å²) in [5, 5.41) is 0. The molecule has 0 aliphatic rings. The van der Waals surface area contributed by atoms with Crippen molar-refractivity contribution in [3.63, 3.8) is 0 Å². The Kier molecular flexibility index (Phi) is 3.41. The molecule has 0 bridgehead atoms. The van der Waals surface area contributed by atoms with Gasteiger partial charge in [-0.1, -0.05) is 62.7 Å². The van der Waals surface area contributed by atoms with Crippen LogP contribution in [-0.4, -0.2) is 0 Å². The summed E-state index contributed by atoms with van der Waals surface area (Å²) >= 11 is 3.62. The summed E-state index contributed by atoms with van der Waals surface area (Å²) in [4.78, 5) is 0. The Balaban J connectivity index is 3.22. The van der Waals surface area contributed by atoms with Gasteiger partial charge in [-0.3, -0.25) is 0 Å². The van der Waals surface area contributed by atoms with Crippen molar-refractivity contribution in [2.24, 2.45) is 0 Å². The van der Waals surface area contributed by atoms with Crippen LogP contribution in [0, 0.1) is 0 Å². The second-order valence-corrected chi connectivity index (χ2v) is 6.00. The second-order valence-electron chi connectivity index (χ2n) is 5.14. The fraction of sp³-hybridized carbons (Fsp3) is 0.538. The lowest BCUT2D eigenvalue weighted by Gasteiger charge is -2.22. The third kappa shape index (κ3) is 2.60. The number of rotatable bonds is 1. The molecule has 14 heavy (non-hydrogen) atoms. The van der Waals surface area contributed by atoms with Gasteiger partial charge in [0, 0.05) is 4.47 Å². The quantitative estimate of drug-likeness (QED) is 0.671. The maximum atomic E-state index is 3.62.